The molecule has 2 rings (SSSR count). The lowest BCUT2D eigenvalue weighted by Crippen LogP contribution is -2.00. The van der Waals surface area contributed by atoms with Gasteiger partial charge in [0.1, 0.15) is 0 Å². The van der Waals surface area contributed by atoms with Crippen LogP contribution in [-0.2, 0) is 6.54 Å². The van der Waals surface area contributed by atoms with Crippen LogP contribution in [0.3, 0.4) is 0 Å². The monoisotopic (exact) mass is 278 g/mol. The highest BCUT2D eigenvalue weighted by Gasteiger charge is 2.22. The van der Waals surface area contributed by atoms with Gasteiger partial charge in [-0.05, 0) is 41.4 Å². The third kappa shape index (κ3) is 1.73. The topological polar surface area (TPSA) is 27.1 Å². The molecule has 0 unspecified atom stereocenters. The van der Waals surface area contributed by atoms with Crippen LogP contribution in [-0.4, -0.2) is 16.9 Å². The quantitative estimate of drug-likeness (QED) is 0.790. The summed E-state index contributed by atoms with van der Waals surface area (Å²) in [6.45, 7) is 1.05. The van der Waals surface area contributed by atoms with Crippen LogP contribution >= 0.6 is 22.6 Å². The van der Waals surface area contributed by atoms with Gasteiger partial charge in [0.2, 0.25) is 5.88 Å². The highest BCUT2D eigenvalue weighted by atomic mass is 127. The Balaban J connectivity index is 2.10. The fraction of sp³-hybridized carbons (Fsp3) is 0.625. The van der Waals surface area contributed by atoms with E-state index < -0.39 is 0 Å². The van der Waals surface area contributed by atoms with Gasteiger partial charge in [0.15, 0.2) is 0 Å². The van der Waals surface area contributed by atoms with Crippen molar-refractivity contribution in [3.8, 4) is 5.88 Å². The first kappa shape index (κ1) is 8.34. The zero-order valence-electron chi connectivity index (χ0n) is 6.96. The molecule has 1 aliphatic rings. The second kappa shape index (κ2) is 3.24. The van der Waals surface area contributed by atoms with Gasteiger partial charge in [0.25, 0.3) is 0 Å². The van der Waals surface area contributed by atoms with Crippen molar-refractivity contribution in [2.24, 2.45) is 5.92 Å². The number of methoxy groups -OCH3 is 1. The van der Waals surface area contributed by atoms with Crippen LogP contribution in [0.1, 0.15) is 12.8 Å². The maximum absolute atomic E-state index is 5.09. The highest BCUT2D eigenvalue weighted by Crippen LogP contribution is 2.31. The molecule has 0 N–H and O–H groups in total. The van der Waals surface area contributed by atoms with Gasteiger partial charge in [-0.15, -0.1) is 5.10 Å². The lowest BCUT2D eigenvalue weighted by molar-refractivity contribution is 0.384. The van der Waals surface area contributed by atoms with Gasteiger partial charge in [0, 0.05) is 12.7 Å². The van der Waals surface area contributed by atoms with E-state index in [-0.39, 0.29) is 0 Å². The molecule has 66 valence electrons. The number of aromatic nitrogens is 2. The van der Waals surface area contributed by atoms with E-state index in [0.29, 0.717) is 0 Å². The number of hydrogen-bond donors (Lipinski definition) is 0. The minimum Gasteiger partial charge on any atom is -0.479 e. The van der Waals surface area contributed by atoms with E-state index in [1.165, 1.54) is 12.8 Å². The summed E-state index contributed by atoms with van der Waals surface area (Å²) in [4.78, 5) is 0. The molecule has 0 amide bonds. The van der Waals surface area contributed by atoms with Crippen molar-refractivity contribution in [3.05, 3.63) is 9.77 Å². The molecule has 3 nitrogen and oxygen atoms in total. The van der Waals surface area contributed by atoms with E-state index in [9.17, 15) is 0 Å². The predicted octanol–water partition coefficient (Wildman–Crippen LogP) is 1.91. The first-order valence-corrected chi connectivity index (χ1v) is 5.14. The van der Waals surface area contributed by atoms with E-state index in [1.54, 1.807) is 7.11 Å². The van der Waals surface area contributed by atoms with Gasteiger partial charge in [0.05, 0.1) is 10.7 Å². The molecule has 1 aromatic rings. The largest absolute Gasteiger partial charge is 0.479 e. The number of ether oxygens (including phenoxy) is 1. The van der Waals surface area contributed by atoms with Crippen molar-refractivity contribution in [1.82, 2.24) is 9.78 Å². The first-order valence-electron chi connectivity index (χ1n) is 4.06. The molecule has 1 heterocycles. The summed E-state index contributed by atoms with van der Waals surface area (Å²) in [5.41, 5.74) is 0. The molecule has 1 aliphatic carbocycles. The van der Waals surface area contributed by atoms with Gasteiger partial charge < -0.3 is 4.74 Å². The van der Waals surface area contributed by atoms with Crippen molar-refractivity contribution < 1.29 is 4.74 Å². The maximum atomic E-state index is 5.09. The second-order valence-corrected chi connectivity index (χ2v) is 4.31. The Bertz CT molecular complexity index is 281. The van der Waals surface area contributed by atoms with Crippen LogP contribution in [0.4, 0.5) is 0 Å². The Hall–Kier alpha value is -0.260. The van der Waals surface area contributed by atoms with Gasteiger partial charge in [-0.2, -0.15) is 0 Å². The maximum Gasteiger partial charge on any atom is 0.246 e. The van der Waals surface area contributed by atoms with Crippen molar-refractivity contribution in [1.29, 1.82) is 0 Å². The summed E-state index contributed by atoms with van der Waals surface area (Å²) in [6.07, 6.45) is 4.76. The lowest BCUT2D eigenvalue weighted by Gasteiger charge is -1.96. The van der Waals surface area contributed by atoms with Gasteiger partial charge >= 0.3 is 0 Å². The molecule has 1 aromatic heterocycles. The summed E-state index contributed by atoms with van der Waals surface area (Å²) in [5.74, 6) is 1.61. The second-order valence-electron chi connectivity index (χ2n) is 3.15. The molecule has 0 spiro atoms. The fourth-order valence-corrected chi connectivity index (χ4v) is 1.83. The molecule has 0 atom stereocenters. The standard InChI is InChI=1S/C8H11IN2O/c1-12-8-7(9)5-11(10-8)4-6-2-3-6/h5-6H,2-4H2,1H3. The number of nitrogens with zero attached hydrogens (tertiary/aromatic N) is 2. The van der Waals surface area contributed by atoms with Crippen LogP contribution in [0.15, 0.2) is 6.20 Å². The van der Waals surface area contributed by atoms with Crippen molar-refractivity contribution in [3.63, 3.8) is 0 Å². The smallest absolute Gasteiger partial charge is 0.246 e. The van der Waals surface area contributed by atoms with Crippen LogP contribution in [0.5, 0.6) is 5.88 Å². The summed E-state index contributed by atoms with van der Waals surface area (Å²) >= 11 is 2.24. The van der Waals surface area contributed by atoms with E-state index in [0.717, 1.165) is 21.9 Å². The summed E-state index contributed by atoms with van der Waals surface area (Å²) < 4.78 is 8.17. The molecule has 0 saturated heterocycles. The minimum atomic E-state index is 0.747. The molecule has 0 aromatic carbocycles. The summed E-state index contributed by atoms with van der Waals surface area (Å²) in [6, 6.07) is 0. The normalized spacial score (nSPS) is 16.5. The number of halogens is 1. The Morgan fingerprint density at radius 3 is 3.00 bits per heavy atom. The first-order chi connectivity index (χ1) is 5.79. The van der Waals surface area contributed by atoms with Crippen LogP contribution in [0, 0.1) is 9.49 Å². The average molecular weight is 278 g/mol. The molecule has 12 heavy (non-hydrogen) atoms. The Kier molecular flexibility index (Phi) is 2.25. The van der Waals surface area contributed by atoms with E-state index >= 15 is 0 Å². The molecule has 0 radical (unpaired) electrons. The van der Waals surface area contributed by atoms with Crippen molar-refractivity contribution in [2.45, 2.75) is 19.4 Å². The predicted molar refractivity (Wildman–Crippen MR) is 54.2 cm³/mol. The zero-order valence-corrected chi connectivity index (χ0v) is 9.11. The average Bonchev–Trinajstić information content (AvgIpc) is 2.76. The third-order valence-corrected chi connectivity index (χ3v) is 2.76. The SMILES string of the molecule is COc1nn(CC2CC2)cc1I. The van der Waals surface area contributed by atoms with Crippen LogP contribution in [0.2, 0.25) is 0 Å². The van der Waals surface area contributed by atoms with Crippen molar-refractivity contribution >= 4 is 22.6 Å². The molecule has 1 fully saturated rings. The Labute approximate surface area is 85.2 Å². The van der Waals surface area contributed by atoms with Gasteiger partial charge in [-0.25, -0.2) is 0 Å². The molecule has 1 saturated carbocycles. The molecule has 0 aliphatic heterocycles. The minimum absolute atomic E-state index is 0.747. The van der Waals surface area contributed by atoms with Crippen molar-refractivity contribution in [2.75, 3.05) is 7.11 Å². The highest BCUT2D eigenvalue weighted by molar-refractivity contribution is 14.1. The Morgan fingerprint density at radius 1 is 1.75 bits per heavy atom. The van der Waals surface area contributed by atoms with E-state index in [4.69, 9.17) is 4.74 Å². The zero-order chi connectivity index (χ0) is 8.55. The summed E-state index contributed by atoms with van der Waals surface area (Å²) in [7, 11) is 1.66. The van der Waals surface area contributed by atoms with E-state index in [1.807, 2.05) is 10.9 Å². The van der Waals surface area contributed by atoms with Crippen LogP contribution < -0.4 is 4.74 Å². The van der Waals surface area contributed by atoms with Crippen LogP contribution in [0.25, 0.3) is 0 Å². The molecule has 0 bridgehead atoms. The Morgan fingerprint density at radius 2 is 2.50 bits per heavy atom. The van der Waals surface area contributed by atoms with Gasteiger partial charge in [-0.3, -0.25) is 4.68 Å². The lowest BCUT2D eigenvalue weighted by atomic mass is 10.4. The number of hydrogen-bond acceptors (Lipinski definition) is 2. The van der Waals surface area contributed by atoms with Gasteiger partial charge in [-0.1, -0.05) is 0 Å². The fourth-order valence-electron chi connectivity index (χ4n) is 1.18. The van der Waals surface area contributed by atoms with E-state index in [2.05, 4.69) is 27.7 Å². The number of rotatable bonds is 3. The summed E-state index contributed by atoms with van der Waals surface area (Å²) in [5, 5.41) is 4.30. The molecular weight excluding hydrogens is 267 g/mol. The third-order valence-electron chi connectivity index (χ3n) is 2.02. The molecule has 4 heteroatoms. The molecular formula is C8H11IN2O.